The molecule has 0 atom stereocenters. The van der Waals surface area contributed by atoms with E-state index in [4.69, 9.17) is 5.73 Å². The molecule has 1 aromatic rings. The van der Waals surface area contributed by atoms with Gasteiger partial charge in [-0.2, -0.15) is 0 Å². The lowest BCUT2D eigenvalue weighted by molar-refractivity contribution is 0.0636. The molecule has 0 spiro atoms. The average Bonchev–Trinajstić information content (AvgIpc) is 2.37. The van der Waals surface area contributed by atoms with Crippen LogP contribution in [0.5, 0.6) is 0 Å². The minimum absolute atomic E-state index is 0.0142. The Balaban J connectivity index is 2.09. The number of aromatic nitrogens is 1. The van der Waals surface area contributed by atoms with Crippen LogP contribution in [0.2, 0.25) is 0 Å². The molecule has 1 amide bonds. The van der Waals surface area contributed by atoms with Gasteiger partial charge in [0.25, 0.3) is 5.91 Å². The number of anilines is 1. The van der Waals surface area contributed by atoms with E-state index >= 15 is 0 Å². The second-order valence-electron chi connectivity index (χ2n) is 6.72. The summed E-state index contributed by atoms with van der Waals surface area (Å²) in [6.45, 7) is 6.47. The smallest absolute Gasteiger partial charge is 0.257 e. The van der Waals surface area contributed by atoms with Crippen molar-refractivity contribution in [1.82, 2.24) is 9.88 Å². The molecule has 4 nitrogen and oxygen atoms in total. The van der Waals surface area contributed by atoms with Gasteiger partial charge in [0.1, 0.15) is 0 Å². The highest BCUT2D eigenvalue weighted by atomic mass is 16.2. The number of rotatable bonds is 2. The topological polar surface area (TPSA) is 59.2 Å². The summed E-state index contributed by atoms with van der Waals surface area (Å²) in [6, 6.07) is 2.07. The van der Waals surface area contributed by atoms with Crippen LogP contribution in [0.4, 0.5) is 5.69 Å². The molecule has 0 radical (unpaired) electrons. The molecule has 0 saturated heterocycles. The van der Waals surface area contributed by atoms with E-state index in [2.05, 4.69) is 18.8 Å². The maximum absolute atomic E-state index is 12.5. The summed E-state index contributed by atoms with van der Waals surface area (Å²) in [5, 5.41) is 0. The standard InChI is InChI=1S/C16H25N3O/c1-11-9-14(17)13(10-18-11)15(20)19(4)12-5-7-16(2,3)8-6-12/h9-10,12H,5-8H2,1-4H3,(H2,17,18). The number of nitrogen functional groups attached to an aromatic ring is 1. The van der Waals surface area contributed by atoms with E-state index in [9.17, 15) is 4.79 Å². The maximum atomic E-state index is 12.5. The number of amides is 1. The van der Waals surface area contributed by atoms with Crippen LogP contribution >= 0.6 is 0 Å². The summed E-state index contributed by atoms with van der Waals surface area (Å²) in [6.07, 6.45) is 6.05. The molecule has 4 heteroatoms. The first-order chi connectivity index (χ1) is 9.30. The Bertz CT molecular complexity index is 500. The minimum atomic E-state index is -0.0142. The molecule has 1 saturated carbocycles. The summed E-state index contributed by atoms with van der Waals surface area (Å²) in [7, 11) is 1.88. The van der Waals surface area contributed by atoms with Gasteiger partial charge in [0.05, 0.1) is 5.56 Å². The lowest BCUT2D eigenvalue weighted by Gasteiger charge is -2.38. The van der Waals surface area contributed by atoms with Crippen molar-refractivity contribution in [2.24, 2.45) is 5.41 Å². The SMILES string of the molecule is Cc1cc(N)c(C(=O)N(C)C2CCC(C)(C)CC2)cn1. The molecule has 0 aromatic carbocycles. The molecule has 1 heterocycles. The molecule has 2 rings (SSSR count). The predicted octanol–water partition coefficient (Wildman–Crippen LogP) is 3.01. The van der Waals surface area contributed by atoms with E-state index in [0.717, 1.165) is 31.4 Å². The number of hydrogen-bond acceptors (Lipinski definition) is 3. The monoisotopic (exact) mass is 275 g/mol. The summed E-state index contributed by atoms with van der Waals surface area (Å²) in [4.78, 5) is 18.6. The van der Waals surface area contributed by atoms with E-state index in [1.165, 1.54) is 0 Å². The zero-order valence-corrected chi connectivity index (χ0v) is 12.9. The Morgan fingerprint density at radius 2 is 2.00 bits per heavy atom. The van der Waals surface area contributed by atoms with Crippen molar-refractivity contribution in [1.29, 1.82) is 0 Å². The Labute approximate surface area is 121 Å². The fourth-order valence-electron chi connectivity index (χ4n) is 2.89. The number of nitrogens with zero attached hydrogens (tertiary/aromatic N) is 2. The molecule has 1 fully saturated rings. The number of carbonyl (C=O) groups excluding carboxylic acids is 1. The van der Waals surface area contributed by atoms with Crippen molar-refractivity contribution in [3.8, 4) is 0 Å². The van der Waals surface area contributed by atoms with E-state index in [1.54, 1.807) is 12.3 Å². The lowest BCUT2D eigenvalue weighted by Crippen LogP contribution is -2.41. The lowest BCUT2D eigenvalue weighted by atomic mass is 9.75. The van der Waals surface area contributed by atoms with Crippen LogP contribution in [0, 0.1) is 12.3 Å². The molecule has 20 heavy (non-hydrogen) atoms. The van der Waals surface area contributed by atoms with Crippen molar-refractivity contribution in [2.45, 2.75) is 52.5 Å². The summed E-state index contributed by atoms with van der Waals surface area (Å²) >= 11 is 0. The van der Waals surface area contributed by atoms with Gasteiger partial charge in [-0.15, -0.1) is 0 Å². The van der Waals surface area contributed by atoms with Crippen molar-refractivity contribution in [2.75, 3.05) is 12.8 Å². The van der Waals surface area contributed by atoms with E-state index in [0.29, 0.717) is 22.7 Å². The van der Waals surface area contributed by atoms with Crippen molar-refractivity contribution in [3.05, 3.63) is 23.5 Å². The Kier molecular flexibility index (Phi) is 4.02. The third-order valence-electron chi connectivity index (χ3n) is 4.48. The highest BCUT2D eigenvalue weighted by Crippen LogP contribution is 2.37. The molecule has 0 unspecified atom stereocenters. The van der Waals surface area contributed by atoms with Crippen LogP contribution in [0.25, 0.3) is 0 Å². The van der Waals surface area contributed by atoms with Crippen molar-refractivity contribution in [3.63, 3.8) is 0 Å². The fourth-order valence-corrected chi connectivity index (χ4v) is 2.89. The third kappa shape index (κ3) is 3.11. The van der Waals surface area contributed by atoms with Crippen LogP contribution in [0.15, 0.2) is 12.3 Å². The number of carbonyl (C=O) groups is 1. The van der Waals surface area contributed by atoms with Gasteiger partial charge in [0, 0.05) is 30.7 Å². The van der Waals surface area contributed by atoms with E-state index in [1.807, 2.05) is 18.9 Å². The first kappa shape index (κ1) is 14.8. The normalized spacial score (nSPS) is 18.8. The summed E-state index contributed by atoms with van der Waals surface area (Å²) < 4.78 is 0. The van der Waals surface area contributed by atoms with Gasteiger partial charge in [0.15, 0.2) is 0 Å². The number of hydrogen-bond donors (Lipinski definition) is 1. The highest BCUT2D eigenvalue weighted by Gasteiger charge is 2.31. The zero-order valence-electron chi connectivity index (χ0n) is 12.9. The molecular weight excluding hydrogens is 250 g/mol. The van der Waals surface area contributed by atoms with Gasteiger partial charge in [-0.3, -0.25) is 9.78 Å². The van der Waals surface area contributed by atoms with Crippen molar-refractivity contribution >= 4 is 11.6 Å². The van der Waals surface area contributed by atoms with Crippen molar-refractivity contribution < 1.29 is 4.79 Å². The predicted molar refractivity (Wildman–Crippen MR) is 81.5 cm³/mol. The molecule has 2 N–H and O–H groups in total. The van der Waals surface area contributed by atoms with Crippen LogP contribution in [-0.4, -0.2) is 28.9 Å². The van der Waals surface area contributed by atoms with Crippen LogP contribution in [0.3, 0.4) is 0 Å². The molecule has 0 bridgehead atoms. The number of nitrogens with two attached hydrogens (primary N) is 1. The van der Waals surface area contributed by atoms with Gasteiger partial charge in [0.2, 0.25) is 0 Å². The maximum Gasteiger partial charge on any atom is 0.257 e. The van der Waals surface area contributed by atoms with Crippen LogP contribution < -0.4 is 5.73 Å². The minimum Gasteiger partial charge on any atom is -0.398 e. The Morgan fingerprint density at radius 3 is 2.55 bits per heavy atom. The molecule has 1 aromatic heterocycles. The molecule has 110 valence electrons. The molecule has 0 aliphatic heterocycles. The Hall–Kier alpha value is -1.58. The summed E-state index contributed by atoms with van der Waals surface area (Å²) in [5.41, 5.74) is 8.22. The fraction of sp³-hybridized carbons (Fsp3) is 0.625. The van der Waals surface area contributed by atoms with Gasteiger partial charge in [-0.05, 0) is 44.1 Å². The zero-order chi connectivity index (χ0) is 14.9. The molecule has 1 aliphatic rings. The van der Waals surface area contributed by atoms with Gasteiger partial charge in [-0.25, -0.2) is 0 Å². The van der Waals surface area contributed by atoms with Gasteiger partial charge < -0.3 is 10.6 Å². The van der Waals surface area contributed by atoms with E-state index < -0.39 is 0 Å². The quantitative estimate of drug-likeness (QED) is 0.902. The van der Waals surface area contributed by atoms with Crippen LogP contribution in [0.1, 0.15) is 55.6 Å². The molecule has 1 aliphatic carbocycles. The van der Waals surface area contributed by atoms with E-state index in [-0.39, 0.29) is 5.91 Å². The second kappa shape index (κ2) is 5.43. The number of pyridine rings is 1. The second-order valence-corrected chi connectivity index (χ2v) is 6.72. The molecular formula is C16H25N3O. The summed E-state index contributed by atoms with van der Waals surface area (Å²) in [5.74, 6) is -0.0142. The number of aryl methyl sites for hydroxylation is 1. The first-order valence-electron chi connectivity index (χ1n) is 7.29. The van der Waals surface area contributed by atoms with Crippen LogP contribution in [-0.2, 0) is 0 Å². The largest absolute Gasteiger partial charge is 0.398 e. The highest BCUT2D eigenvalue weighted by molar-refractivity contribution is 5.98. The average molecular weight is 275 g/mol. The van der Waals surface area contributed by atoms with Gasteiger partial charge >= 0.3 is 0 Å². The first-order valence-corrected chi connectivity index (χ1v) is 7.29. The third-order valence-corrected chi connectivity index (χ3v) is 4.48. The Morgan fingerprint density at radius 1 is 1.40 bits per heavy atom. The van der Waals surface area contributed by atoms with Gasteiger partial charge in [-0.1, -0.05) is 13.8 Å².